The number of hydrogen-bond acceptors (Lipinski definition) is 4. The Morgan fingerprint density at radius 1 is 1.56 bits per heavy atom. The first-order valence-corrected chi connectivity index (χ1v) is 5.49. The Hall–Kier alpha value is -1.47. The maximum atomic E-state index is 11.5. The van der Waals surface area contributed by atoms with Crippen LogP contribution in [-0.4, -0.2) is 12.6 Å². The Morgan fingerprint density at radius 2 is 2.31 bits per heavy atom. The van der Waals surface area contributed by atoms with E-state index in [1.165, 1.54) is 0 Å². The van der Waals surface area contributed by atoms with Gasteiger partial charge < -0.3 is 4.74 Å². The van der Waals surface area contributed by atoms with Gasteiger partial charge in [0.2, 0.25) is 0 Å². The largest absolute Gasteiger partial charge is 0.462 e. The maximum Gasteiger partial charge on any atom is 0.339 e. The fourth-order valence-corrected chi connectivity index (χ4v) is 1.65. The molecule has 0 bridgehead atoms. The molecule has 1 aromatic carbocycles. The van der Waals surface area contributed by atoms with Crippen LogP contribution in [0, 0.1) is 11.3 Å². The molecule has 16 heavy (non-hydrogen) atoms. The molecule has 0 saturated heterocycles. The average Bonchev–Trinajstić information content (AvgIpc) is 2.26. The predicted molar refractivity (Wildman–Crippen MR) is 63.6 cm³/mol. The van der Waals surface area contributed by atoms with Crippen molar-refractivity contribution in [3.05, 3.63) is 29.3 Å². The van der Waals surface area contributed by atoms with Gasteiger partial charge in [0.25, 0.3) is 0 Å². The van der Waals surface area contributed by atoms with Crippen molar-refractivity contribution in [3.63, 3.8) is 0 Å². The van der Waals surface area contributed by atoms with E-state index < -0.39 is 0 Å². The van der Waals surface area contributed by atoms with Gasteiger partial charge >= 0.3 is 5.97 Å². The molecule has 0 N–H and O–H groups in total. The molecule has 0 atom stereocenters. The molecule has 0 aliphatic carbocycles. The molecular weight excluding hydrogens is 222 g/mol. The first-order valence-electron chi connectivity index (χ1n) is 5.05. The zero-order valence-electron chi connectivity index (χ0n) is 9.06. The van der Waals surface area contributed by atoms with Crippen molar-refractivity contribution in [1.82, 2.24) is 0 Å². The van der Waals surface area contributed by atoms with Crippen LogP contribution in [0.1, 0.15) is 29.3 Å². The zero-order chi connectivity index (χ0) is 12.0. The standard InChI is InChI=1S/C12H13NO2S/c1-2-15-12(14)10-6-5-9(4-3-7-13)8-11(10)16/h5-6,8,16H,2-4H2,1H3. The quantitative estimate of drug-likeness (QED) is 0.644. The Balaban J connectivity index is 2.83. The highest BCUT2D eigenvalue weighted by atomic mass is 32.1. The molecule has 0 spiro atoms. The van der Waals surface area contributed by atoms with Crippen molar-refractivity contribution in [1.29, 1.82) is 5.26 Å². The van der Waals surface area contributed by atoms with Crippen LogP contribution in [0.25, 0.3) is 0 Å². The summed E-state index contributed by atoms with van der Waals surface area (Å²) in [6, 6.07) is 7.39. The van der Waals surface area contributed by atoms with E-state index in [0.29, 0.717) is 29.9 Å². The lowest BCUT2D eigenvalue weighted by atomic mass is 10.1. The molecule has 1 aromatic rings. The van der Waals surface area contributed by atoms with E-state index in [-0.39, 0.29) is 5.97 Å². The molecule has 84 valence electrons. The van der Waals surface area contributed by atoms with Crippen LogP contribution < -0.4 is 0 Å². The van der Waals surface area contributed by atoms with Crippen LogP contribution in [0.4, 0.5) is 0 Å². The summed E-state index contributed by atoms with van der Waals surface area (Å²) in [5.41, 5.74) is 1.46. The smallest absolute Gasteiger partial charge is 0.339 e. The lowest BCUT2D eigenvalue weighted by molar-refractivity contribution is 0.0522. The summed E-state index contributed by atoms with van der Waals surface area (Å²) in [7, 11) is 0. The average molecular weight is 235 g/mol. The van der Waals surface area contributed by atoms with Gasteiger partial charge in [0, 0.05) is 11.3 Å². The summed E-state index contributed by atoms with van der Waals surface area (Å²) in [6.45, 7) is 2.11. The highest BCUT2D eigenvalue weighted by Crippen LogP contribution is 2.18. The third-order valence-corrected chi connectivity index (χ3v) is 2.45. The van der Waals surface area contributed by atoms with Crippen molar-refractivity contribution >= 4 is 18.6 Å². The maximum absolute atomic E-state index is 11.5. The Kier molecular flexibility index (Phi) is 4.87. The zero-order valence-corrected chi connectivity index (χ0v) is 9.96. The highest BCUT2D eigenvalue weighted by molar-refractivity contribution is 7.80. The van der Waals surface area contributed by atoms with E-state index in [4.69, 9.17) is 10.00 Å². The number of ether oxygens (including phenoxy) is 1. The number of hydrogen-bond donors (Lipinski definition) is 1. The van der Waals surface area contributed by atoms with Crippen LogP contribution in [-0.2, 0) is 11.2 Å². The molecule has 0 aliphatic heterocycles. The summed E-state index contributed by atoms with van der Waals surface area (Å²) in [5, 5.41) is 8.47. The number of nitrogens with zero attached hydrogens (tertiary/aromatic N) is 1. The Morgan fingerprint density at radius 3 is 2.88 bits per heavy atom. The SMILES string of the molecule is CCOC(=O)c1ccc(CCC#N)cc1S. The molecule has 0 heterocycles. The van der Waals surface area contributed by atoms with Gasteiger partial charge in [0.05, 0.1) is 18.2 Å². The minimum Gasteiger partial charge on any atom is -0.462 e. The van der Waals surface area contributed by atoms with Crippen molar-refractivity contribution < 1.29 is 9.53 Å². The normalized spacial score (nSPS) is 9.56. The Labute approximate surface area is 100 Å². The van der Waals surface area contributed by atoms with Crippen LogP contribution in [0.3, 0.4) is 0 Å². The van der Waals surface area contributed by atoms with Gasteiger partial charge in [0.15, 0.2) is 0 Å². The van der Waals surface area contributed by atoms with Crippen molar-refractivity contribution in [3.8, 4) is 6.07 Å². The van der Waals surface area contributed by atoms with Gasteiger partial charge in [-0.25, -0.2) is 4.79 Å². The second kappa shape index (κ2) is 6.19. The van der Waals surface area contributed by atoms with E-state index in [1.54, 1.807) is 19.1 Å². The lowest BCUT2D eigenvalue weighted by Crippen LogP contribution is -2.05. The minimum absolute atomic E-state index is 0.349. The molecule has 0 amide bonds. The second-order valence-corrected chi connectivity index (χ2v) is 3.71. The molecule has 4 heteroatoms. The first kappa shape index (κ1) is 12.6. The van der Waals surface area contributed by atoms with Gasteiger partial charge in [-0.1, -0.05) is 6.07 Å². The monoisotopic (exact) mass is 235 g/mol. The van der Waals surface area contributed by atoms with E-state index in [0.717, 1.165) is 5.56 Å². The number of aryl methyl sites for hydroxylation is 1. The highest BCUT2D eigenvalue weighted by Gasteiger charge is 2.10. The number of esters is 1. The van der Waals surface area contributed by atoms with E-state index in [1.807, 2.05) is 6.07 Å². The summed E-state index contributed by atoms with van der Waals surface area (Å²) in [5.74, 6) is -0.362. The predicted octanol–water partition coefficient (Wildman–Crippen LogP) is 2.61. The third kappa shape index (κ3) is 3.28. The molecule has 0 aliphatic rings. The van der Waals surface area contributed by atoms with Gasteiger partial charge in [0.1, 0.15) is 0 Å². The summed E-state index contributed by atoms with van der Waals surface area (Å²) >= 11 is 4.24. The summed E-state index contributed by atoms with van der Waals surface area (Å²) in [4.78, 5) is 12.1. The first-order chi connectivity index (χ1) is 7.69. The van der Waals surface area contributed by atoms with Crippen LogP contribution >= 0.6 is 12.6 Å². The summed E-state index contributed by atoms with van der Waals surface area (Å²) < 4.78 is 4.89. The van der Waals surface area contributed by atoms with Gasteiger partial charge in [-0.3, -0.25) is 0 Å². The molecular formula is C12H13NO2S. The number of carbonyl (C=O) groups excluding carboxylic acids is 1. The van der Waals surface area contributed by atoms with E-state index >= 15 is 0 Å². The number of thiol groups is 1. The van der Waals surface area contributed by atoms with E-state index in [9.17, 15) is 4.79 Å². The second-order valence-electron chi connectivity index (χ2n) is 3.23. The van der Waals surface area contributed by atoms with Crippen molar-refractivity contribution in [2.75, 3.05) is 6.61 Å². The number of nitriles is 1. The number of benzene rings is 1. The minimum atomic E-state index is -0.362. The molecule has 0 fully saturated rings. The Bertz CT molecular complexity index is 424. The molecule has 3 nitrogen and oxygen atoms in total. The molecule has 0 unspecified atom stereocenters. The van der Waals surface area contributed by atoms with E-state index in [2.05, 4.69) is 18.7 Å². The van der Waals surface area contributed by atoms with Gasteiger partial charge in [-0.15, -0.1) is 12.6 Å². The topological polar surface area (TPSA) is 50.1 Å². The fraction of sp³-hybridized carbons (Fsp3) is 0.333. The number of carbonyl (C=O) groups is 1. The summed E-state index contributed by atoms with van der Waals surface area (Å²) in [6.07, 6.45) is 1.14. The lowest BCUT2D eigenvalue weighted by Gasteiger charge is -2.06. The third-order valence-electron chi connectivity index (χ3n) is 2.08. The van der Waals surface area contributed by atoms with Crippen LogP contribution in [0.15, 0.2) is 23.1 Å². The fourth-order valence-electron chi connectivity index (χ4n) is 1.31. The van der Waals surface area contributed by atoms with Gasteiger partial charge in [-0.2, -0.15) is 5.26 Å². The van der Waals surface area contributed by atoms with Crippen LogP contribution in [0.5, 0.6) is 0 Å². The van der Waals surface area contributed by atoms with Crippen LogP contribution in [0.2, 0.25) is 0 Å². The van der Waals surface area contributed by atoms with Gasteiger partial charge in [-0.05, 0) is 31.0 Å². The van der Waals surface area contributed by atoms with Crippen molar-refractivity contribution in [2.24, 2.45) is 0 Å². The number of rotatable bonds is 4. The molecule has 1 rings (SSSR count). The van der Waals surface area contributed by atoms with Crippen molar-refractivity contribution in [2.45, 2.75) is 24.7 Å². The molecule has 0 aromatic heterocycles. The molecule has 0 radical (unpaired) electrons. The molecule has 0 saturated carbocycles.